The van der Waals surface area contributed by atoms with Crippen molar-refractivity contribution in [3.8, 4) is 6.07 Å². The second kappa shape index (κ2) is 4.65. The Morgan fingerprint density at radius 1 is 1.27 bits per heavy atom. The van der Waals surface area contributed by atoms with Gasteiger partial charge in [0.1, 0.15) is 5.92 Å². The Morgan fingerprint density at radius 2 is 2.05 bits per heavy atom. The molecule has 3 aliphatic rings. The number of nitrogens with zero attached hydrogens (tertiary/aromatic N) is 1. The highest BCUT2D eigenvalue weighted by molar-refractivity contribution is 7.80. The summed E-state index contributed by atoms with van der Waals surface area (Å²) in [4.78, 5) is 13.3. The van der Waals surface area contributed by atoms with Gasteiger partial charge >= 0.3 is 0 Å². The Morgan fingerprint density at radius 3 is 2.86 bits per heavy atom. The molecule has 0 fully saturated rings. The molecule has 2 N–H and O–H groups in total. The SMILES string of the molecule is N#C[C@@H]1C(=S)N[C@]2(C(=O)Nc3ccccc32)C2=C1CCCC2. The maximum Gasteiger partial charge on any atom is 0.259 e. The molecule has 1 aromatic carbocycles. The van der Waals surface area contributed by atoms with Crippen LogP contribution in [-0.4, -0.2) is 10.9 Å². The molecule has 2 atom stereocenters. The molecular formula is C17H15N3OS. The maximum absolute atomic E-state index is 12.9. The monoisotopic (exact) mass is 309 g/mol. The van der Waals surface area contributed by atoms with Crippen molar-refractivity contribution < 1.29 is 4.79 Å². The van der Waals surface area contributed by atoms with Crippen molar-refractivity contribution in [3.05, 3.63) is 41.0 Å². The van der Waals surface area contributed by atoms with Crippen molar-refractivity contribution in [1.82, 2.24) is 5.32 Å². The van der Waals surface area contributed by atoms with Crippen LogP contribution in [0.2, 0.25) is 0 Å². The van der Waals surface area contributed by atoms with E-state index in [2.05, 4.69) is 16.7 Å². The van der Waals surface area contributed by atoms with E-state index in [0.29, 0.717) is 4.99 Å². The third-order valence-electron chi connectivity index (χ3n) is 4.93. The van der Waals surface area contributed by atoms with Gasteiger partial charge in [0.2, 0.25) is 0 Å². The van der Waals surface area contributed by atoms with Gasteiger partial charge in [0.15, 0.2) is 5.54 Å². The van der Waals surface area contributed by atoms with E-state index in [9.17, 15) is 10.1 Å². The van der Waals surface area contributed by atoms with Crippen LogP contribution < -0.4 is 10.6 Å². The predicted octanol–water partition coefficient (Wildman–Crippen LogP) is 2.77. The first kappa shape index (κ1) is 13.5. The first-order valence-corrected chi connectivity index (χ1v) is 7.94. The Kier molecular flexibility index (Phi) is 2.85. The topological polar surface area (TPSA) is 64.9 Å². The minimum atomic E-state index is -0.906. The molecule has 2 aliphatic heterocycles. The van der Waals surface area contributed by atoms with Gasteiger partial charge in [0.05, 0.1) is 11.1 Å². The summed E-state index contributed by atoms with van der Waals surface area (Å²) in [6, 6.07) is 10.0. The lowest BCUT2D eigenvalue weighted by Gasteiger charge is -2.42. The van der Waals surface area contributed by atoms with Gasteiger partial charge in [-0.2, -0.15) is 5.26 Å². The number of carbonyl (C=O) groups excluding carboxylic acids is 1. The summed E-state index contributed by atoms with van der Waals surface area (Å²) in [7, 11) is 0. The van der Waals surface area contributed by atoms with Crippen LogP contribution in [0.1, 0.15) is 31.2 Å². The van der Waals surface area contributed by atoms with Gasteiger partial charge in [-0.05, 0) is 42.9 Å². The van der Waals surface area contributed by atoms with E-state index in [4.69, 9.17) is 12.2 Å². The highest BCUT2D eigenvalue weighted by Gasteiger charge is 2.54. The largest absolute Gasteiger partial charge is 0.357 e. The van der Waals surface area contributed by atoms with Gasteiger partial charge in [-0.15, -0.1) is 0 Å². The number of anilines is 1. The lowest BCUT2D eigenvalue weighted by atomic mass is 9.69. The summed E-state index contributed by atoms with van der Waals surface area (Å²) >= 11 is 5.44. The van der Waals surface area contributed by atoms with E-state index in [1.54, 1.807) is 0 Å². The number of para-hydroxylation sites is 1. The van der Waals surface area contributed by atoms with Crippen LogP contribution in [0.15, 0.2) is 35.4 Å². The van der Waals surface area contributed by atoms with Crippen LogP contribution in [-0.2, 0) is 10.3 Å². The van der Waals surface area contributed by atoms with Crippen molar-refractivity contribution in [2.75, 3.05) is 5.32 Å². The van der Waals surface area contributed by atoms with Crippen LogP contribution in [0.25, 0.3) is 0 Å². The molecule has 110 valence electrons. The molecule has 0 saturated carbocycles. The summed E-state index contributed by atoms with van der Waals surface area (Å²) in [5.41, 5.74) is 2.96. The number of benzene rings is 1. The fourth-order valence-electron chi connectivity index (χ4n) is 3.98. The predicted molar refractivity (Wildman–Crippen MR) is 87.1 cm³/mol. The number of nitrogens with one attached hydrogen (secondary N) is 2. The lowest BCUT2D eigenvalue weighted by Crippen LogP contribution is -2.57. The third-order valence-corrected chi connectivity index (χ3v) is 5.27. The van der Waals surface area contributed by atoms with E-state index >= 15 is 0 Å². The smallest absolute Gasteiger partial charge is 0.259 e. The number of nitriles is 1. The Hall–Kier alpha value is -2.19. The molecule has 5 heteroatoms. The van der Waals surface area contributed by atoms with Crippen molar-refractivity contribution >= 4 is 28.8 Å². The van der Waals surface area contributed by atoms with Gasteiger partial charge in [-0.25, -0.2) is 0 Å². The maximum atomic E-state index is 12.9. The second-order valence-electron chi connectivity index (χ2n) is 6.01. The number of hydrogen-bond donors (Lipinski definition) is 2. The molecule has 22 heavy (non-hydrogen) atoms. The molecule has 0 saturated heterocycles. The average Bonchev–Trinajstić information content (AvgIpc) is 2.81. The number of thiocarbonyl (C=S) groups is 1. The molecule has 1 aromatic rings. The van der Waals surface area contributed by atoms with Crippen LogP contribution in [0.5, 0.6) is 0 Å². The molecular weight excluding hydrogens is 294 g/mol. The van der Waals surface area contributed by atoms with Crippen molar-refractivity contribution in [3.63, 3.8) is 0 Å². The minimum Gasteiger partial charge on any atom is -0.357 e. The molecule has 1 spiro atoms. The normalized spacial score (nSPS) is 29.5. The van der Waals surface area contributed by atoms with E-state index < -0.39 is 11.5 Å². The summed E-state index contributed by atoms with van der Waals surface area (Å²) in [5, 5.41) is 15.7. The Labute approximate surface area is 134 Å². The van der Waals surface area contributed by atoms with E-state index in [0.717, 1.165) is 48.1 Å². The van der Waals surface area contributed by atoms with Gasteiger partial charge < -0.3 is 10.6 Å². The highest BCUT2D eigenvalue weighted by atomic mass is 32.1. The van der Waals surface area contributed by atoms with Crippen molar-refractivity contribution in [2.45, 2.75) is 31.2 Å². The average molecular weight is 309 g/mol. The van der Waals surface area contributed by atoms with Crippen molar-refractivity contribution in [2.24, 2.45) is 5.92 Å². The fraction of sp³-hybridized carbons (Fsp3) is 0.353. The van der Waals surface area contributed by atoms with Crippen molar-refractivity contribution in [1.29, 1.82) is 5.26 Å². The summed E-state index contributed by atoms with van der Waals surface area (Å²) in [6.07, 6.45) is 3.79. The third kappa shape index (κ3) is 1.56. The Bertz CT molecular complexity index is 776. The van der Waals surface area contributed by atoms with E-state index in [1.807, 2.05) is 24.3 Å². The van der Waals surface area contributed by atoms with Gasteiger partial charge in [0, 0.05) is 11.3 Å². The first-order chi connectivity index (χ1) is 10.7. The molecule has 0 radical (unpaired) electrons. The number of rotatable bonds is 0. The van der Waals surface area contributed by atoms with E-state index in [1.165, 1.54) is 0 Å². The summed E-state index contributed by atoms with van der Waals surface area (Å²) in [5.74, 6) is -0.474. The number of hydrogen-bond acceptors (Lipinski definition) is 3. The number of carbonyl (C=O) groups is 1. The molecule has 0 unspecified atom stereocenters. The van der Waals surface area contributed by atoms with E-state index in [-0.39, 0.29) is 5.91 Å². The summed E-state index contributed by atoms with van der Waals surface area (Å²) in [6.45, 7) is 0. The van der Waals surface area contributed by atoms with Crippen LogP contribution in [0, 0.1) is 17.2 Å². The Balaban J connectivity index is 2.01. The van der Waals surface area contributed by atoms with Gasteiger partial charge in [-0.3, -0.25) is 4.79 Å². The van der Waals surface area contributed by atoms with Crippen LogP contribution in [0.4, 0.5) is 5.69 Å². The molecule has 0 aromatic heterocycles. The minimum absolute atomic E-state index is 0.0816. The molecule has 2 heterocycles. The molecule has 4 nitrogen and oxygen atoms in total. The zero-order valence-electron chi connectivity index (χ0n) is 12.0. The molecule has 1 amide bonds. The lowest BCUT2D eigenvalue weighted by molar-refractivity contribution is -0.120. The number of amides is 1. The first-order valence-electron chi connectivity index (χ1n) is 7.53. The standard InChI is InChI=1S/C17H15N3OS/c18-9-11-10-5-1-2-6-12(10)17(20-15(11)22)13-7-3-4-8-14(13)19-16(17)21/h3-4,7-8,11H,1-2,5-6H2,(H,19,21)(H,20,22)/t11-,17+/m0/s1. The second-order valence-corrected chi connectivity index (χ2v) is 6.45. The van der Waals surface area contributed by atoms with Gasteiger partial charge in [-0.1, -0.05) is 30.4 Å². The van der Waals surface area contributed by atoms with Gasteiger partial charge in [0.25, 0.3) is 5.91 Å². The molecule has 0 bridgehead atoms. The zero-order chi connectivity index (χ0) is 15.3. The highest BCUT2D eigenvalue weighted by Crippen LogP contribution is 2.49. The van der Waals surface area contributed by atoms with Crippen LogP contribution in [0.3, 0.4) is 0 Å². The molecule has 4 rings (SSSR count). The summed E-state index contributed by atoms with van der Waals surface area (Å²) < 4.78 is 0. The zero-order valence-corrected chi connectivity index (χ0v) is 12.8. The quantitative estimate of drug-likeness (QED) is 0.571. The fourth-order valence-corrected chi connectivity index (χ4v) is 4.33. The number of fused-ring (bicyclic) bond motifs is 3. The molecule has 1 aliphatic carbocycles. The van der Waals surface area contributed by atoms with Crippen LogP contribution >= 0.6 is 12.2 Å².